The highest BCUT2D eigenvalue weighted by Gasteiger charge is 2.21. The number of nitrogens with zero attached hydrogens (tertiary/aromatic N) is 1. The predicted molar refractivity (Wildman–Crippen MR) is 70.6 cm³/mol. The van der Waals surface area contributed by atoms with E-state index in [9.17, 15) is 9.18 Å². The summed E-state index contributed by atoms with van der Waals surface area (Å²) in [7, 11) is 0. The van der Waals surface area contributed by atoms with E-state index in [1.54, 1.807) is 17.0 Å². The van der Waals surface area contributed by atoms with Crippen molar-refractivity contribution in [3.8, 4) is 0 Å². The minimum absolute atomic E-state index is 0.131. The van der Waals surface area contributed by atoms with Crippen molar-refractivity contribution in [2.24, 2.45) is 0 Å². The second kappa shape index (κ2) is 6.15. The van der Waals surface area contributed by atoms with E-state index in [4.69, 9.17) is 0 Å². The van der Waals surface area contributed by atoms with E-state index in [2.05, 4.69) is 15.9 Å². The fourth-order valence-electron chi connectivity index (χ4n) is 1.70. The van der Waals surface area contributed by atoms with Gasteiger partial charge < -0.3 is 4.90 Å². The number of carbonyl (C=O) groups excluding carboxylic acids is 1. The number of halogens is 2. The molecule has 0 N–H and O–H groups in total. The van der Waals surface area contributed by atoms with E-state index >= 15 is 0 Å². The third-order valence-corrected chi connectivity index (χ3v) is 3.71. The molecule has 0 bridgehead atoms. The number of rotatable bonds is 4. The van der Waals surface area contributed by atoms with Crippen molar-refractivity contribution in [1.29, 1.82) is 0 Å². The molecule has 0 saturated heterocycles. The van der Waals surface area contributed by atoms with Crippen molar-refractivity contribution in [3.63, 3.8) is 0 Å². The summed E-state index contributed by atoms with van der Waals surface area (Å²) in [5, 5.41) is 0. The summed E-state index contributed by atoms with van der Waals surface area (Å²) in [6.45, 7) is 6.57. The summed E-state index contributed by atoms with van der Waals surface area (Å²) >= 11 is 3.13. The molecule has 0 aliphatic rings. The second-order valence-electron chi connectivity index (χ2n) is 3.95. The Bertz CT molecular complexity index is 408. The lowest BCUT2D eigenvalue weighted by Crippen LogP contribution is -2.38. The Morgan fingerprint density at radius 1 is 1.47 bits per heavy atom. The van der Waals surface area contributed by atoms with Crippen molar-refractivity contribution in [1.82, 2.24) is 4.90 Å². The predicted octanol–water partition coefficient (Wildman–Crippen LogP) is 3.85. The Hall–Kier alpha value is -0.900. The first-order valence-electron chi connectivity index (χ1n) is 5.77. The summed E-state index contributed by atoms with van der Waals surface area (Å²) < 4.78 is 13.6. The lowest BCUT2D eigenvalue weighted by molar-refractivity contribution is 0.0698. The van der Waals surface area contributed by atoms with E-state index in [-0.39, 0.29) is 16.4 Å². The zero-order chi connectivity index (χ0) is 13.0. The van der Waals surface area contributed by atoms with Crippen LogP contribution in [0.3, 0.4) is 0 Å². The van der Waals surface area contributed by atoms with Crippen molar-refractivity contribution < 1.29 is 9.18 Å². The SMILES string of the molecule is CCC(C)N(CC)C(=O)c1cccc(F)c1Br. The van der Waals surface area contributed by atoms with Gasteiger partial charge in [-0.1, -0.05) is 13.0 Å². The minimum atomic E-state index is -0.406. The fraction of sp³-hybridized carbons (Fsp3) is 0.462. The second-order valence-corrected chi connectivity index (χ2v) is 4.74. The van der Waals surface area contributed by atoms with Crippen molar-refractivity contribution in [3.05, 3.63) is 34.1 Å². The highest BCUT2D eigenvalue weighted by molar-refractivity contribution is 9.10. The van der Waals surface area contributed by atoms with Crippen LogP contribution in [-0.2, 0) is 0 Å². The highest BCUT2D eigenvalue weighted by atomic mass is 79.9. The minimum Gasteiger partial charge on any atom is -0.336 e. The zero-order valence-electron chi connectivity index (χ0n) is 10.3. The summed E-state index contributed by atoms with van der Waals surface area (Å²) in [6, 6.07) is 4.68. The molecule has 4 heteroatoms. The van der Waals surface area contributed by atoms with Gasteiger partial charge in [0.05, 0.1) is 10.0 Å². The standard InChI is InChI=1S/C13H17BrFNO/c1-4-9(3)16(5-2)13(17)10-7-6-8-11(15)12(10)14/h6-9H,4-5H2,1-3H3. The Labute approximate surface area is 110 Å². The van der Waals surface area contributed by atoms with Gasteiger partial charge in [0, 0.05) is 12.6 Å². The van der Waals surface area contributed by atoms with Gasteiger partial charge in [0.15, 0.2) is 0 Å². The smallest absolute Gasteiger partial charge is 0.255 e. The topological polar surface area (TPSA) is 20.3 Å². The highest BCUT2D eigenvalue weighted by Crippen LogP contribution is 2.22. The lowest BCUT2D eigenvalue weighted by atomic mass is 10.1. The molecule has 1 aromatic carbocycles. The molecular formula is C13H17BrFNO. The molecule has 0 fully saturated rings. The van der Waals surface area contributed by atoms with Crippen LogP contribution in [0.15, 0.2) is 22.7 Å². The summed E-state index contributed by atoms with van der Waals surface area (Å²) in [6.07, 6.45) is 0.881. The van der Waals surface area contributed by atoms with Gasteiger partial charge in [0.25, 0.3) is 5.91 Å². The van der Waals surface area contributed by atoms with Crippen molar-refractivity contribution >= 4 is 21.8 Å². The van der Waals surface area contributed by atoms with Crippen LogP contribution in [0.2, 0.25) is 0 Å². The molecular weight excluding hydrogens is 285 g/mol. The van der Waals surface area contributed by atoms with Gasteiger partial charge in [-0.25, -0.2) is 4.39 Å². The van der Waals surface area contributed by atoms with Crippen LogP contribution in [0.4, 0.5) is 4.39 Å². The molecule has 0 radical (unpaired) electrons. The molecule has 1 atom stereocenters. The van der Waals surface area contributed by atoms with Gasteiger partial charge in [-0.3, -0.25) is 4.79 Å². The molecule has 0 aliphatic heterocycles. The Morgan fingerprint density at radius 3 is 2.65 bits per heavy atom. The van der Waals surface area contributed by atoms with Gasteiger partial charge in [0.1, 0.15) is 5.82 Å². The molecule has 0 saturated carbocycles. The van der Waals surface area contributed by atoms with Crippen LogP contribution in [0.25, 0.3) is 0 Å². The molecule has 0 aromatic heterocycles. The first-order valence-corrected chi connectivity index (χ1v) is 6.57. The number of hydrogen-bond acceptors (Lipinski definition) is 1. The average Bonchev–Trinajstić information content (AvgIpc) is 2.33. The summed E-state index contributed by atoms with van der Waals surface area (Å²) in [5.74, 6) is -0.538. The molecule has 1 amide bonds. The van der Waals surface area contributed by atoms with E-state index in [0.29, 0.717) is 12.1 Å². The maximum absolute atomic E-state index is 13.4. The quantitative estimate of drug-likeness (QED) is 0.827. The molecule has 0 heterocycles. The van der Waals surface area contributed by atoms with E-state index in [1.807, 2.05) is 20.8 Å². The molecule has 1 aromatic rings. The number of carbonyl (C=O) groups is 1. The maximum atomic E-state index is 13.4. The van der Waals surface area contributed by atoms with Crippen LogP contribution in [-0.4, -0.2) is 23.4 Å². The molecule has 17 heavy (non-hydrogen) atoms. The van der Waals surface area contributed by atoms with Crippen LogP contribution in [0.1, 0.15) is 37.6 Å². The van der Waals surface area contributed by atoms with E-state index in [0.717, 1.165) is 6.42 Å². The molecule has 0 spiro atoms. The normalized spacial score (nSPS) is 12.3. The van der Waals surface area contributed by atoms with Crippen molar-refractivity contribution in [2.45, 2.75) is 33.2 Å². The first kappa shape index (κ1) is 14.2. The molecule has 0 aliphatic carbocycles. The van der Waals surface area contributed by atoms with Crippen molar-refractivity contribution in [2.75, 3.05) is 6.54 Å². The lowest BCUT2D eigenvalue weighted by Gasteiger charge is -2.27. The summed E-state index contributed by atoms with van der Waals surface area (Å²) in [5.41, 5.74) is 0.382. The zero-order valence-corrected chi connectivity index (χ0v) is 11.9. The summed E-state index contributed by atoms with van der Waals surface area (Å²) in [4.78, 5) is 14.0. The average molecular weight is 302 g/mol. The molecule has 1 unspecified atom stereocenters. The number of amides is 1. The maximum Gasteiger partial charge on any atom is 0.255 e. The van der Waals surface area contributed by atoms with Crippen LogP contribution in [0, 0.1) is 5.82 Å². The van der Waals surface area contributed by atoms with Gasteiger partial charge in [-0.2, -0.15) is 0 Å². The van der Waals surface area contributed by atoms with Crippen LogP contribution < -0.4 is 0 Å². The third kappa shape index (κ3) is 3.06. The molecule has 2 nitrogen and oxygen atoms in total. The monoisotopic (exact) mass is 301 g/mol. The third-order valence-electron chi connectivity index (χ3n) is 2.91. The van der Waals surface area contributed by atoms with E-state index < -0.39 is 5.82 Å². The Kier molecular flexibility index (Phi) is 5.12. The van der Waals surface area contributed by atoms with Gasteiger partial charge in [-0.15, -0.1) is 0 Å². The van der Waals surface area contributed by atoms with Crippen LogP contribution >= 0.6 is 15.9 Å². The fourth-order valence-corrected chi connectivity index (χ4v) is 2.13. The number of hydrogen-bond donors (Lipinski definition) is 0. The van der Waals surface area contributed by atoms with Crippen LogP contribution in [0.5, 0.6) is 0 Å². The molecule has 1 rings (SSSR count). The largest absolute Gasteiger partial charge is 0.336 e. The van der Waals surface area contributed by atoms with Gasteiger partial charge >= 0.3 is 0 Å². The van der Waals surface area contributed by atoms with E-state index in [1.165, 1.54) is 6.07 Å². The Morgan fingerprint density at radius 2 is 2.12 bits per heavy atom. The van der Waals surface area contributed by atoms with Gasteiger partial charge in [-0.05, 0) is 48.3 Å². The molecule has 94 valence electrons. The number of benzene rings is 1. The Balaban J connectivity index is 3.06. The van der Waals surface area contributed by atoms with Gasteiger partial charge in [0.2, 0.25) is 0 Å². The first-order chi connectivity index (χ1) is 8.02.